The van der Waals surface area contributed by atoms with E-state index < -0.39 is 0 Å². The summed E-state index contributed by atoms with van der Waals surface area (Å²) in [6.45, 7) is 12.5. The molecule has 2 heterocycles. The fourth-order valence-corrected chi connectivity index (χ4v) is 11.7. The number of rotatable bonds is 5. The number of amides is 1. The van der Waals surface area contributed by atoms with E-state index in [1.807, 2.05) is 0 Å². The van der Waals surface area contributed by atoms with Gasteiger partial charge < -0.3 is 0 Å². The Labute approximate surface area is 228 Å². The van der Waals surface area contributed by atoms with Gasteiger partial charge in [0.05, 0.1) is 5.75 Å². The van der Waals surface area contributed by atoms with Crippen LogP contribution in [0.3, 0.4) is 0 Å². The molecule has 0 aromatic heterocycles. The number of amidine groups is 1. The number of carbonyl (C=O) groups is 1. The van der Waals surface area contributed by atoms with Gasteiger partial charge in [-0.15, -0.1) is 11.6 Å². The van der Waals surface area contributed by atoms with Gasteiger partial charge in [0.1, 0.15) is 5.66 Å². The Morgan fingerprint density at radius 2 is 1.83 bits per heavy atom. The molecule has 0 aromatic carbocycles. The van der Waals surface area contributed by atoms with Crippen molar-refractivity contribution in [3.63, 3.8) is 0 Å². The van der Waals surface area contributed by atoms with Gasteiger partial charge in [-0.2, -0.15) is 5.43 Å². The number of nitrogens with zero attached hydrogens (tertiary/aromatic N) is 2. The van der Waals surface area contributed by atoms with E-state index in [1.54, 1.807) is 16.8 Å². The highest BCUT2D eigenvalue weighted by atomic mass is 35.5. The molecule has 5 fully saturated rings. The van der Waals surface area contributed by atoms with Gasteiger partial charge in [0.25, 0.3) is 5.91 Å². The minimum Gasteiger partial charge on any atom is -0.272 e. The van der Waals surface area contributed by atoms with Gasteiger partial charge in [-0.3, -0.25) is 4.79 Å². The minimum atomic E-state index is -0.346. The monoisotopic (exact) mass is 533 g/mol. The van der Waals surface area contributed by atoms with E-state index in [9.17, 15) is 4.79 Å². The predicted octanol–water partition coefficient (Wildman–Crippen LogP) is 7.47. The van der Waals surface area contributed by atoms with Crippen molar-refractivity contribution in [2.24, 2.45) is 57.2 Å². The number of fused-ring (bicyclic) bond motifs is 7. The largest absolute Gasteiger partial charge is 0.272 e. The highest BCUT2D eigenvalue weighted by Crippen LogP contribution is 2.70. The first-order chi connectivity index (χ1) is 17.1. The van der Waals surface area contributed by atoms with E-state index >= 15 is 0 Å². The van der Waals surface area contributed by atoms with Crippen LogP contribution in [-0.4, -0.2) is 32.9 Å². The maximum absolute atomic E-state index is 12.7. The minimum absolute atomic E-state index is 0.169. The summed E-state index contributed by atoms with van der Waals surface area (Å²) in [4.78, 5) is 18.1. The van der Waals surface area contributed by atoms with Crippen molar-refractivity contribution in [2.45, 2.75) is 116 Å². The smallest absolute Gasteiger partial charge is 0.253 e. The second-order valence-corrected chi connectivity index (χ2v) is 16.0. The second kappa shape index (κ2) is 9.15. The van der Waals surface area contributed by atoms with Gasteiger partial charge in [-0.05, 0) is 97.7 Å². The molecule has 2 aliphatic heterocycles. The number of carbonyl (C=O) groups excluding carboxylic acids is 1. The van der Waals surface area contributed by atoms with Crippen LogP contribution in [0.1, 0.15) is 105 Å². The molecule has 202 valence electrons. The van der Waals surface area contributed by atoms with E-state index in [0.717, 1.165) is 54.0 Å². The summed E-state index contributed by atoms with van der Waals surface area (Å²) in [5.74, 6) is 5.85. The maximum Gasteiger partial charge on any atom is 0.253 e. The van der Waals surface area contributed by atoms with Crippen molar-refractivity contribution in [1.29, 1.82) is 0 Å². The summed E-state index contributed by atoms with van der Waals surface area (Å²) >= 11 is 8.47. The standard InChI is InChI=1S/C30H48ClN3OS/c1-18(2)7-6-8-19(3)22-9-10-23-21-16-30(32-27-34(33-30)26(35)17-36-27)25-15-20(31)11-13-29(25,5)24(21)12-14-28(22,23)4/h18-25,33H,6-17H2,1-5H3. The Bertz CT molecular complexity index is 926. The van der Waals surface area contributed by atoms with E-state index in [-0.39, 0.29) is 22.4 Å². The van der Waals surface area contributed by atoms with Crippen LogP contribution >= 0.6 is 23.4 Å². The van der Waals surface area contributed by atoms with Crippen molar-refractivity contribution in [3.8, 4) is 0 Å². The molecule has 1 amide bonds. The molecule has 6 rings (SSSR count). The average molecular weight is 534 g/mol. The summed E-state index contributed by atoms with van der Waals surface area (Å²) in [5.41, 5.74) is 4.12. The number of hydrogen-bond donors (Lipinski definition) is 1. The Kier molecular flexibility index (Phi) is 6.61. The summed E-state index contributed by atoms with van der Waals surface area (Å²) in [5, 5.41) is 2.95. The van der Waals surface area contributed by atoms with Crippen molar-refractivity contribution >= 4 is 34.4 Å². The van der Waals surface area contributed by atoms with E-state index in [1.165, 1.54) is 51.4 Å². The van der Waals surface area contributed by atoms with Crippen molar-refractivity contribution < 1.29 is 4.79 Å². The van der Waals surface area contributed by atoms with Gasteiger partial charge >= 0.3 is 0 Å². The number of hydrazine groups is 1. The first-order valence-electron chi connectivity index (χ1n) is 15.0. The molecule has 6 aliphatic rings. The molecule has 4 saturated carbocycles. The normalized spacial score (nSPS) is 48.6. The first-order valence-corrected chi connectivity index (χ1v) is 16.5. The third kappa shape index (κ3) is 3.86. The number of nitrogens with one attached hydrogen (secondary N) is 1. The van der Waals surface area contributed by atoms with Crippen LogP contribution in [0.5, 0.6) is 0 Å². The molecule has 1 N–H and O–H groups in total. The summed E-state index contributed by atoms with van der Waals surface area (Å²) in [6.07, 6.45) is 14.2. The van der Waals surface area contributed by atoms with Gasteiger partial charge in [0.2, 0.25) is 0 Å². The molecule has 36 heavy (non-hydrogen) atoms. The fraction of sp³-hybridized carbons (Fsp3) is 0.933. The highest BCUT2D eigenvalue weighted by molar-refractivity contribution is 8.15. The van der Waals surface area contributed by atoms with Gasteiger partial charge in [0.15, 0.2) is 5.17 Å². The zero-order valence-corrected chi connectivity index (χ0v) is 24.8. The lowest BCUT2D eigenvalue weighted by atomic mass is 9.42. The SMILES string of the molecule is CC(C)CCCC(C)C1CCC2C3CC4(N=C5SCC(=O)N5N4)C4CC(Cl)CCC4(C)C3CCC12C. The second-order valence-electron chi connectivity index (χ2n) is 14.5. The molecule has 1 saturated heterocycles. The molecule has 0 radical (unpaired) electrons. The summed E-state index contributed by atoms with van der Waals surface area (Å²) in [7, 11) is 0. The number of halogens is 1. The van der Waals surface area contributed by atoms with Crippen LogP contribution in [0.25, 0.3) is 0 Å². The molecule has 10 atom stereocenters. The zero-order valence-electron chi connectivity index (χ0n) is 23.2. The van der Waals surface area contributed by atoms with Crippen molar-refractivity contribution in [3.05, 3.63) is 0 Å². The highest BCUT2D eigenvalue weighted by Gasteiger charge is 2.68. The first kappa shape index (κ1) is 26.0. The Hall–Kier alpha value is -0.260. The summed E-state index contributed by atoms with van der Waals surface area (Å²) in [6, 6.07) is 0. The quantitative estimate of drug-likeness (QED) is 0.373. The molecular weight excluding hydrogens is 486 g/mol. The van der Waals surface area contributed by atoms with Crippen molar-refractivity contribution in [2.75, 3.05) is 5.75 Å². The lowest BCUT2D eigenvalue weighted by Crippen LogP contribution is -2.67. The Morgan fingerprint density at radius 1 is 1.08 bits per heavy atom. The Balaban J connectivity index is 1.30. The molecule has 6 heteroatoms. The number of hydrogen-bond acceptors (Lipinski definition) is 4. The summed E-state index contributed by atoms with van der Waals surface area (Å²) < 4.78 is 0. The predicted molar refractivity (Wildman–Crippen MR) is 151 cm³/mol. The topological polar surface area (TPSA) is 44.7 Å². The molecule has 1 spiro atoms. The van der Waals surface area contributed by atoms with Crippen LogP contribution in [0.15, 0.2) is 4.99 Å². The van der Waals surface area contributed by atoms with Gasteiger partial charge in [0, 0.05) is 11.3 Å². The number of aliphatic imine (C=N–C) groups is 1. The fourth-order valence-electron chi connectivity index (χ4n) is 10.6. The third-order valence-corrected chi connectivity index (χ3v) is 13.6. The lowest BCUT2D eigenvalue weighted by molar-refractivity contribution is -0.158. The van der Waals surface area contributed by atoms with Crippen LogP contribution in [0.4, 0.5) is 0 Å². The van der Waals surface area contributed by atoms with Crippen molar-refractivity contribution in [1.82, 2.24) is 10.4 Å². The van der Waals surface area contributed by atoms with Crippen LogP contribution in [-0.2, 0) is 4.79 Å². The average Bonchev–Trinajstić information content (AvgIpc) is 3.47. The number of alkyl halides is 1. The maximum atomic E-state index is 12.7. The zero-order chi connectivity index (χ0) is 25.5. The van der Waals surface area contributed by atoms with E-state index in [0.29, 0.717) is 23.0 Å². The molecule has 4 nitrogen and oxygen atoms in total. The van der Waals surface area contributed by atoms with Crippen LogP contribution < -0.4 is 5.43 Å². The lowest BCUT2D eigenvalue weighted by Gasteiger charge is -2.65. The molecular formula is C30H48ClN3OS. The molecule has 0 aromatic rings. The number of thioether (sulfide) groups is 1. The van der Waals surface area contributed by atoms with E-state index in [4.69, 9.17) is 16.6 Å². The van der Waals surface area contributed by atoms with Gasteiger partial charge in [-0.25, -0.2) is 10.0 Å². The molecule has 0 bridgehead atoms. The Morgan fingerprint density at radius 3 is 2.58 bits per heavy atom. The molecule has 4 aliphatic carbocycles. The van der Waals surface area contributed by atoms with E-state index in [2.05, 4.69) is 40.0 Å². The van der Waals surface area contributed by atoms with Crippen LogP contribution in [0, 0.1) is 52.3 Å². The third-order valence-electron chi connectivity index (χ3n) is 12.3. The van der Waals surface area contributed by atoms with Gasteiger partial charge in [-0.1, -0.05) is 65.6 Å². The molecule has 10 unspecified atom stereocenters. The van der Waals surface area contributed by atoms with Crippen LogP contribution in [0.2, 0.25) is 0 Å².